The van der Waals surface area contributed by atoms with Crippen LogP contribution in [0.4, 0.5) is 11.4 Å². The number of hydrogen-bond acceptors (Lipinski definition) is 3. The van der Waals surface area contributed by atoms with Crippen LogP contribution in [0.1, 0.15) is 11.1 Å². The normalized spacial score (nSPS) is 10.6. The van der Waals surface area contributed by atoms with Crippen LogP contribution in [-0.4, -0.2) is 12.5 Å². The van der Waals surface area contributed by atoms with E-state index in [4.69, 9.17) is 51.1 Å². The topological polar surface area (TPSA) is 50.4 Å². The van der Waals surface area contributed by atoms with Gasteiger partial charge in [0.2, 0.25) is 0 Å². The number of rotatable bonds is 7. The Morgan fingerprint density at radius 3 is 2.37 bits per heavy atom. The molecule has 3 rings (SSSR count). The van der Waals surface area contributed by atoms with Crippen molar-refractivity contribution in [2.24, 2.45) is 0 Å². The molecule has 0 fully saturated rings. The molecular weight excluding hydrogens is 466 g/mol. The molecule has 3 aromatic carbocycles. The standard InChI is InChI=1S/C22H18Cl4N2O2/c1-13-2-5-17(10-18(13)25)28-22(29)12-30-21-7-4-15(23)8-14(21)11-27-20-6-3-16(24)9-19(20)26/h2-10,27H,11-12H2,1H3,(H,28,29). The Labute approximate surface area is 195 Å². The van der Waals surface area contributed by atoms with Crippen molar-refractivity contribution < 1.29 is 9.53 Å². The van der Waals surface area contributed by atoms with Gasteiger partial charge >= 0.3 is 0 Å². The number of anilines is 2. The molecule has 0 atom stereocenters. The van der Waals surface area contributed by atoms with Crippen molar-refractivity contribution in [3.05, 3.63) is 85.8 Å². The number of halogens is 4. The third-order valence-corrected chi connectivity index (χ3v) is 5.43. The molecule has 0 saturated carbocycles. The first-order chi connectivity index (χ1) is 14.3. The molecular formula is C22H18Cl4N2O2. The van der Waals surface area contributed by atoms with Crippen molar-refractivity contribution in [2.45, 2.75) is 13.5 Å². The van der Waals surface area contributed by atoms with Crippen LogP contribution in [0.15, 0.2) is 54.6 Å². The van der Waals surface area contributed by atoms with Crippen LogP contribution in [-0.2, 0) is 11.3 Å². The van der Waals surface area contributed by atoms with Crippen molar-refractivity contribution in [3.63, 3.8) is 0 Å². The van der Waals surface area contributed by atoms with E-state index in [9.17, 15) is 4.79 Å². The highest BCUT2D eigenvalue weighted by molar-refractivity contribution is 6.36. The van der Waals surface area contributed by atoms with Gasteiger partial charge in [-0.25, -0.2) is 0 Å². The Morgan fingerprint density at radius 2 is 1.63 bits per heavy atom. The fourth-order valence-corrected chi connectivity index (χ4v) is 3.51. The molecule has 0 aromatic heterocycles. The molecule has 1 amide bonds. The summed E-state index contributed by atoms with van der Waals surface area (Å²) in [6, 6.07) is 15.7. The first-order valence-electron chi connectivity index (χ1n) is 8.98. The van der Waals surface area contributed by atoms with Crippen molar-refractivity contribution >= 4 is 63.7 Å². The molecule has 0 aliphatic carbocycles. The molecule has 8 heteroatoms. The smallest absolute Gasteiger partial charge is 0.262 e. The lowest BCUT2D eigenvalue weighted by molar-refractivity contribution is -0.118. The van der Waals surface area contributed by atoms with Gasteiger partial charge in [0.25, 0.3) is 5.91 Å². The van der Waals surface area contributed by atoms with E-state index in [1.807, 2.05) is 13.0 Å². The van der Waals surface area contributed by atoms with Gasteiger partial charge in [-0.15, -0.1) is 0 Å². The van der Waals surface area contributed by atoms with Gasteiger partial charge in [0.1, 0.15) is 5.75 Å². The molecule has 4 nitrogen and oxygen atoms in total. The summed E-state index contributed by atoms with van der Waals surface area (Å²) in [6.07, 6.45) is 0. The van der Waals surface area contributed by atoms with Crippen LogP contribution in [0.3, 0.4) is 0 Å². The molecule has 0 heterocycles. The van der Waals surface area contributed by atoms with Crippen LogP contribution in [0.5, 0.6) is 5.75 Å². The van der Waals surface area contributed by atoms with Crippen LogP contribution < -0.4 is 15.4 Å². The minimum absolute atomic E-state index is 0.165. The summed E-state index contributed by atoms with van der Waals surface area (Å²) in [5.74, 6) is 0.235. The zero-order valence-corrected chi connectivity index (χ0v) is 19.0. The predicted molar refractivity (Wildman–Crippen MR) is 126 cm³/mol. The summed E-state index contributed by atoms with van der Waals surface area (Å²) < 4.78 is 5.72. The van der Waals surface area contributed by atoms with Gasteiger partial charge < -0.3 is 15.4 Å². The molecule has 0 spiro atoms. The lowest BCUT2D eigenvalue weighted by atomic mass is 10.2. The molecule has 156 valence electrons. The summed E-state index contributed by atoms with van der Waals surface area (Å²) in [5, 5.41) is 8.18. The van der Waals surface area contributed by atoms with Crippen molar-refractivity contribution in [1.82, 2.24) is 0 Å². The fourth-order valence-electron chi connectivity index (χ4n) is 2.66. The molecule has 2 N–H and O–H groups in total. The third kappa shape index (κ3) is 6.19. The average Bonchev–Trinajstić information content (AvgIpc) is 2.69. The van der Waals surface area contributed by atoms with Gasteiger partial charge in [0.15, 0.2) is 6.61 Å². The molecule has 0 aliphatic rings. The third-order valence-electron chi connectivity index (χ3n) is 4.24. The number of aryl methyl sites for hydroxylation is 1. The Bertz CT molecular complexity index is 1070. The number of carbonyl (C=O) groups is 1. The monoisotopic (exact) mass is 482 g/mol. The Balaban J connectivity index is 1.64. The van der Waals surface area contributed by atoms with E-state index < -0.39 is 0 Å². The van der Waals surface area contributed by atoms with Crippen molar-refractivity contribution in [2.75, 3.05) is 17.2 Å². The van der Waals surface area contributed by atoms with Crippen LogP contribution >= 0.6 is 46.4 Å². The lowest BCUT2D eigenvalue weighted by Gasteiger charge is -2.14. The molecule has 0 radical (unpaired) electrons. The highest BCUT2D eigenvalue weighted by atomic mass is 35.5. The minimum Gasteiger partial charge on any atom is -0.483 e. The molecule has 0 unspecified atom stereocenters. The van der Waals surface area contributed by atoms with Gasteiger partial charge in [0.05, 0.1) is 10.7 Å². The molecule has 0 aliphatic heterocycles. The second kappa shape index (κ2) is 10.3. The van der Waals surface area contributed by atoms with Gasteiger partial charge in [-0.3, -0.25) is 4.79 Å². The average molecular weight is 484 g/mol. The first-order valence-corrected chi connectivity index (χ1v) is 10.5. The second-order valence-corrected chi connectivity index (χ2v) is 8.22. The summed E-state index contributed by atoms with van der Waals surface area (Å²) in [7, 11) is 0. The van der Waals surface area contributed by atoms with E-state index in [0.717, 1.165) is 16.8 Å². The summed E-state index contributed by atoms with van der Waals surface area (Å²) in [5.41, 5.74) is 3.04. The van der Waals surface area contributed by atoms with E-state index in [1.54, 1.807) is 48.5 Å². The predicted octanol–water partition coefficient (Wildman–Crippen LogP) is 7.24. The molecule has 3 aromatic rings. The number of benzene rings is 3. The quantitative estimate of drug-likeness (QED) is 0.372. The van der Waals surface area contributed by atoms with Crippen LogP contribution in [0.25, 0.3) is 0 Å². The zero-order valence-electron chi connectivity index (χ0n) is 15.9. The van der Waals surface area contributed by atoms with Gasteiger partial charge in [-0.2, -0.15) is 0 Å². The highest BCUT2D eigenvalue weighted by Crippen LogP contribution is 2.28. The maximum Gasteiger partial charge on any atom is 0.262 e. The second-order valence-electron chi connectivity index (χ2n) is 6.53. The van der Waals surface area contributed by atoms with Gasteiger partial charge in [-0.1, -0.05) is 52.5 Å². The van der Waals surface area contributed by atoms with Gasteiger partial charge in [0, 0.05) is 32.9 Å². The zero-order chi connectivity index (χ0) is 21.7. The summed E-state index contributed by atoms with van der Waals surface area (Å²) in [4.78, 5) is 12.3. The SMILES string of the molecule is Cc1ccc(NC(=O)COc2ccc(Cl)cc2CNc2ccc(Cl)cc2Cl)cc1Cl. The van der Waals surface area contributed by atoms with Crippen molar-refractivity contribution in [1.29, 1.82) is 0 Å². The maximum atomic E-state index is 12.3. The molecule has 0 bridgehead atoms. The van der Waals surface area contributed by atoms with E-state index in [0.29, 0.717) is 38.1 Å². The van der Waals surface area contributed by atoms with Gasteiger partial charge in [-0.05, 0) is 61.0 Å². The summed E-state index contributed by atoms with van der Waals surface area (Å²) >= 11 is 24.4. The van der Waals surface area contributed by atoms with Crippen molar-refractivity contribution in [3.8, 4) is 5.75 Å². The number of nitrogens with one attached hydrogen (secondary N) is 2. The summed E-state index contributed by atoms with van der Waals surface area (Å²) in [6.45, 7) is 2.12. The van der Waals surface area contributed by atoms with E-state index >= 15 is 0 Å². The lowest BCUT2D eigenvalue weighted by Crippen LogP contribution is -2.20. The van der Waals surface area contributed by atoms with E-state index in [1.165, 1.54) is 0 Å². The van der Waals surface area contributed by atoms with Crippen LogP contribution in [0, 0.1) is 6.92 Å². The first kappa shape index (κ1) is 22.6. The number of hydrogen-bond donors (Lipinski definition) is 2. The molecule has 30 heavy (non-hydrogen) atoms. The highest BCUT2D eigenvalue weighted by Gasteiger charge is 2.10. The van der Waals surface area contributed by atoms with E-state index in [-0.39, 0.29) is 12.5 Å². The Hall–Kier alpha value is -2.11. The minimum atomic E-state index is -0.301. The number of ether oxygens (including phenoxy) is 1. The molecule has 0 saturated heterocycles. The Morgan fingerprint density at radius 1 is 0.900 bits per heavy atom. The Kier molecular flexibility index (Phi) is 7.73. The number of carbonyl (C=O) groups excluding carboxylic acids is 1. The van der Waals surface area contributed by atoms with Crippen LogP contribution in [0.2, 0.25) is 20.1 Å². The van der Waals surface area contributed by atoms with E-state index in [2.05, 4.69) is 10.6 Å². The largest absolute Gasteiger partial charge is 0.483 e. The fraction of sp³-hybridized carbons (Fsp3) is 0.136. The maximum absolute atomic E-state index is 12.3. The number of amides is 1.